The molecule has 21 heavy (non-hydrogen) atoms. The molecule has 2 aromatic rings. The van der Waals surface area contributed by atoms with Gasteiger partial charge in [0.2, 0.25) is 5.78 Å². The van der Waals surface area contributed by atoms with Gasteiger partial charge in [-0.2, -0.15) is 0 Å². The van der Waals surface area contributed by atoms with Crippen molar-refractivity contribution in [2.24, 2.45) is 5.92 Å². The zero-order valence-electron chi connectivity index (χ0n) is 12.4. The Kier molecular flexibility index (Phi) is 4.47. The number of hydrogen-bond donors (Lipinski definition) is 3. The molecule has 0 fully saturated rings. The van der Waals surface area contributed by atoms with E-state index in [4.69, 9.17) is 11.5 Å². The lowest BCUT2D eigenvalue weighted by atomic mass is 10.1. The minimum absolute atomic E-state index is 0.0747. The number of hydrogen-bond acceptors (Lipinski definition) is 6. The summed E-state index contributed by atoms with van der Waals surface area (Å²) < 4.78 is 0. The molecule has 112 valence electrons. The molecule has 0 unspecified atom stereocenters. The highest BCUT2D eigenvalue weighted by Gasteiger charge is 2.17. The monoisotopic (exact) mass is 304 g/mol. The van der Waals surface area contributed by atoms with E-state index in [2.05, 4.69) is 24.1 Å². The second-order valence-electron chi connectivity index (χ2n) is 5.38. The number of benzene rings is 1. The van der Waals surface area contributed by atoms with Crippen LogP contribution in [0.5, 0.6) is 0 Å². The molecule has 0 aliphatic carbocycles. The van der Waals surface area contributed by atoms with E-state index in [1.165, 1.54) is 11.3 Å². The zero-order chi connectivity index (χ0) is 15.6. The van der Waals surface area contributed by atoms with Crippen LogP contribution in [0, 0.1) is 12.8 Å². The number of thiazole rings is 1. The maximum absolute atomic E-state index is 12.5. The minimum atomic E-state index is -0.0747. The highest BCUT2D eigenvalue weighted by Crippen LogP contribution is 2.27. The summed E-state index contributed by atoms with van der Waals surface area (Å²) in [4.78, 5) is 17.6. The SMILES string of the molecule is Cc1nc(NCC(C)C)sc1C(=O)c1ccc(N)c(N)c1. The molecule has 1 aromatic heterocycles. The molecule has 0 saturated carbocycles. The smallest absolute Gasteiger partial charge is 0.205 e. The molecule has 0 aliphatic rings. The largest absolute Gasteiger partial charge is 0.397 e. The van der Waals surface area contributed by atoms with E-state index < -0.39 is 0 Å². The van der Waals surface area contributed by atoms with Crippen molar-refractivity contribution in [1.82, 2.24) is 4.98 Å². The van der Waals surface area contributed by atoms with Gasteiger partial charge in [-0.3, -0.25) is 4.79 Å². The highest BCUT2D eigenvalue weighted by atomic mass is 32.1. The standard InChI is InChI=1S/C15H20N4OS/c1-8(2)7-18-15-19-9(3)14(21-15)13(20)10-4-5-11(16)12(17)6-10/h4-6,8H,7,16-17H2,1-3H3,(H,18,19). The first kappa shape index (κ1) is 15.3. The number of carbonyl (C=O) groups excluding carboxylic acids is 1. The lowest BCUT2D eigenvalue weighted by Gasteiger charge is -2.04. The van der Waals surface area contributed by atoms with Gasteiger partial charge in [-0.25, -0.2) is 4.98 Å². The van der Waals surface area contributed by atoms with Gasteiger partial charge in [0, 0.05) is 12.1 Å². The summed E-state index contributed by atoms with van der Waals surface area (Å²) in [5.74, 6) is 0.444. The number of anilines is 3. The van der Waals surface area contributed by atoms with Gasteiger partial charge >= 0.3 is 0 Å². The van der Waals surface area contributed by atoms with Crippen LogP contribution in [0.15, 0.2) is 18.2 Å². The van der Waals surface area contributed by atoms with Crippen molar-refractivity contribution in [3.63, 3.8) is 0 Å². The molecule has 6 heteroatoms. The van der Waals surface area contributed by atoms with Gasteiger partial charge in [0.05, 0.1) is 21.9 Å². The number of carbonyl (C=O) groups is 1. The van der Waals surface area contributed by atoms with Gasteiger partial charge in [0.15, 0.2) is 5.13 Å². The van der Waals surface area contributed by atoms with Crippen molar-refractivity contribution in [3.8, 4) is 0 Å². The Morgan fingerprint density at radius 1 is 1.33 bits per heavy atom. The maximum atomic E-state index is 12.5. The van der Waals surface area contributed by atoms with Gasteiger partial charge in [0.25, 0.3) is 0 Å². The number of aryl methyl sites for hydroxylation is 1. The molecule has 0 radical (unpaired) electrons. The first-order chi connectivity index (χ1) is 9.88. The van der Waals surface area contributed by atoms with E-state index in [0.29, 0.717) is 27.7 Å². The topological polar surface area (TPSA) is 94.0 Å². The van der Waals surface area contributed by atoms with Crippen molar-refractivity contribution in [2.45, 2.75) is 20.8 Å². The van der Waals surface area contributed by atoms with Crippen molar-refractivity contribution >= 4 is 33.6 Å². The fourth-order valence-corrected chi connectivity index (χ4v) is 2.76. The molecule has 5 nitrogen and oxygen atoms in total. The van der Waals surface area contributed by atoms with Crippen LogP contribution in [0.25, 0.3) is 0 Å². The Bertz CT molecular complexity index is 664. The molecule has 0 atom stereocenters. The fourth-order valence-electron chi connectivity index (χ4n) is 1.82. The van der Waals surface area contributed by atoms with Crippen LogP contribution in [0.3, 0.4) is 0 Å². The van der Waals surface area contributed by atoms with E-state index in [1.807, 2.05) is 6.92 Å². The number of nitrogens with zero attached hydrogens (tertiary/aromatic N) is 1. The molecule has 1 heterocycles. The molecule has 0 saturated heterocycles. The number of nitrogens with two attached hydrogens (primary N) is 2. The summed E-state index contributed by atoms with van der Waals surface area (Å²) in [6.45, 7) is 6.91. The van der Waals surface area contributed by atoms with Crippen LogP contribution in [0.4, 0.5) is 16.5 Å². The molecular weight excluding hydrogens is 284 g/mol. The lowest BCUT2D eigenvalue weighted by molar-refractivity contribution is 0.104. The van der Waals surface area contributed by atoms with Crippen LogP contribution in [0.1, 0.15) is 34.8 Å². The molecular formula is C15H20N4OS. The van der Waals surface area contributed by atoms with Gasteiger partial charge < -0.3 is 16.8 Å². The molecule has 5 N–H and O–H groups in total. The van der Waals surface area contributed by atoms with Crippen LogP contribution >= 0.6 is 11.3 Å². The number of ketones is 1. The summed E-state index contributed by atoms with van der Waals surface area (Å²) in [5.41, 5.74) is 13.6. The number of aromatic nitrogens is 1. The Hall–Kier alpha value is -2.08. The zero-order valence-corrected chi connectivity index (χ0v) is 13.3. The predicted molar refractivity (Wildman–Crippen MR) is 88.9 cm³/mol. The van der Waals surface area contributed by atoms with Crippen LogP contribution in [-0.2, 0) is 0 Å². The third kappa shape index (κ3) is 3.52. The molecule has 0 spiro atoms. The Balaban J connectivity index is 2.24. The highest BCUT2D eigenvalue weighted by molar-refractivity contribution is 7.17. The van der Waals surface area contributed by atoms with Gasteiger partial charge in [-0.1, -0.05) is 25.2 Å². The third-order valence-corrected chi connectivity index (χ3v) is 4.13. The van der Waals surface area contributed by atoms with Crippen molar-refractivity contribution < 1.29 is 4.79 Å². The Morgan fingerprint density at radius 3 is 2.67 bits per heavy atom. The molecule has 0 amide bonds. The van der Waals surface area contributed by atoms with Gasteiger partial charge in [0.1, 0.15) is 0 Å². The Morgan fingerprint density at radius 2 is 2.05 bits per heavy atom. The summed E-state index contributed by atoms with van der Waals surface area (Å²) in [5, 5.41) is 4.01. The molecule has 0 bridgehead atoms. The summed E-state index contributed by atoms with van der Waals surface area (Å²) >= 11 is 1.37. The quantitative estimate of drug-likeness (QED) is 0.583. The molecule has 2 rings (SSSR count). The summed E-state index contributed by atoms with van der Waals surface area (Å²) in [7, 11) is 0. The van der Waals surface area contributed by atoms with Crippen LogP contribution < -0.4 is 16.8 Å². The third-order valence-electron chi connectivity index (χ3n) is 3.01. The van der Waals surface area contributed by atoms with Crippen molar-refractivity contribution in [1.29, 1.82) is 0 Å². The average molecular weight is 304 g/mol. The van der Waals surface area contributed by atoms with E-state index in [0.717, 1.165) is 17.4 Å². The number of nitrogen functional groups attached to an aromatic ring is 2. The first-order valence-electron chi connectivity index (χ1n) is 6.79. The van der Waals surface area contributed by atoms with Crippen LogP contribution in [0.2, 0.25) is 0 Å². The van der Waals surface area contributed by atoms with E-state index in [1.54, 1.807) is 18.2 Å². The normalized spacial score (nSPS) is 10.9. The van der Waals surface area contributed by atoms with E-state index >= 15 is 0 Å². The molecule has 0 aliphatic heterocycles. The Labute approximate surface area is 128 Å². The van der Waals surface area contributed by atoms with Gasteiger partial charge in [-0.15, -0.1) is 0 Å². The minimum Gasteiger partial charge on any atom is -0.397 e. The lowest BCUT2D eigenvalue weighted by Crippen LogP contribution is -2.07. The number of nitrogens with one attached hydrogen (secondary N) is 1. The fraction of sp³-hybridized carbons (Fsp3) is 0.333. The van der Waals surface area contributed by atoms with Gasteiger partial charge in [-0.05, 0) is 31.0 Å². The first-order valence-corrected chi connectivity index (χ1v) is 7.61. The predicted octanol–water partition coefficient (Wildman–Crippen LogP) is 2.91. The summed E-state index contributed by atoms with van der Waals surface area (Å²) in [6, 6.07) is 4.95. The summed E-state index contributed by atoms with van der Waals surface area (Å²) in [6.07, 6.45) is 0. The number of rotatable bonds is 5. The average Bonchev–Trinajstić information content (AvgIpc) is 2.80. The van der Waals surface area contributed by atoms with E-state index in [-0.39, 0.29) is 5.78 Å². The van der Waals surface area contributed by atoms with Crippen molar-refractivity contribution in [2.75, 3.05) is 23.3 Å². The van der Waals surface area contributed by atoms with Crippen LogP contribution in [-0.4, -0.2) is 17.3 Å². The second kappa shape index (κ2) is 6.13. The second-order valence-corrected chi connectivity index (χ2v) is 6.38. The molecule has 1 aromatic carbocycles. The maximum Gasteiger partial charge on any atom is 0.205 e. The van der Waals surface area contributed by atoms with Crippen molar-refractivity contribution in [3.05, 3.63) is 34.3 Å². The van der Waals surface area contributed by atoms with E-state index in [9.17, 15) is 4.79 Å².